The topological polar surface area (TPSA) is 76.2 Å². The van der Waals surface area contributed by atoms with E-state index >= 15 is 0 Å². The molecule has 2 aromatic rings. The summed E-state index contributed by atoms with van der Waals surface area (Å²) in [6, 6.07) is 2.46. The van der Waals surface area contributed by atoms with Gasteiger partial charge in [0.1, 0.15) is 5.82 Å². The predicted octanol–water partition coefficient (Wildman–Crippen LogP) is 2.59. The number of aromatic carboxylic acids is 1. The molecule has 1 N–H and O–H groups in total. The Balaban J connectivity index is 2.47. The molecule has 0 atom stereocenters. The Labute approximate surface area is 102 Å². The molecule has 100 valence electrons. The number of halogens is 4. The zero-order valence-corrected chi connectivity index (χ0v) is 8.90. The van der Waals surface area contributed by atoms with Gasteiger partial charge < -0.3 is 9.63 Å². The fourth-order valence-corrected chi connectivity index (χ4v) is 1.30. The van der Waals surface area contributed by atoms with Crippen LogP contribution in [0.2, 0.25) is 0 Å². The van der Waals surface area contributed by atoms with Crippen molar-refractivity contribution in [1.82, 2.24) is 10.1 Å². The Hall–Kier alpha value is -2.45. The van der Waals surface area contributed by atoms with Crippen molar-refractivity contribution in [3.05, 3.63) is 35.5 Å². The van der Waals surface area contributed by atoms with Crippen LogP contribution in [-0.2, 0) is 6.18 Å². The number of carboxylic acids is 1. The standard InChI is InChI=1S/C10H4F4N2O3/c11-6-2-4(1-5(3-6)8(17)18)7-15-9(19-16-7)10(12,13)14/h1-3H,(H,17,18). The van der Waals surface area contributed by atoms with E-state index < -0.39 is 35.2 Å². The van der Waals surface area contributed by atoms with Crippen LogP contribution in [0.25, 0.3) is 11.4 Å². The van der Waals surface area contributed by atoms with Crippen LogP contribution in [0.1, 0.15) is 16.2 Å². The number of hydrogen-bond donors (Lipinski definition) is 1. The average Bonchev–Trinajstić information content (AvgIpc) is 2.76. The van der Waals surface area contributed by atoms with Crippen LogP contribution in [0.3, 0.4) is 0 Å². The first kappa shape index (κ1) is 13.0. The van der Waals surface area contributed by atoms with Crippen molar-refractivity contribution in [2.75, 3.05) is 0 Å². The highest BCUT2D eigenvalue weighted by molar-refractivity contribution is 5.89. The van der Waals surface area contributed by atoms with Gasteiger partial charge in [-0.3, -0.25) is 0 Å². The second-order valence-electron chi connectivity index (χ2n) is 3.45. The molecule has 1 heterocycles. The minimum absolute atomic E-state index is 0.225. The molecule has 5 nitrogen and oxygen atoms in total. The Morgan fingerprint density at radius 2 is 1.95 bits per heavy atom. The van der Waals surface area contributed by atoms with Crippen molar-refractivity contribution in [3.8, 4) is 11.4 Å². The molecule has 9 heteroatoms. The Morgan fingerprint density at radius 3 is 2.47 bits per heavy atom. The van der Waals surface area contributed by atoms with Crippen molar-refractivity contribution >= 4 is 5.97 Å². The van der Waals surface area contributed by atoms with Gasteiger partial charge in [-0.15, -0.1) is 0 Å². The van der Waals surface area contributed by atoms with Crippen LogP contribution in [-0.4, -0.2) is 21.2 Å². The summed E-state index contributed by atoms with van der Waals surface area (Å²) in [6.45, 7) is 0. The van der Waals surface area contributed by atoms with Gasteiger partial charge in [-0.1, -0.05) is 5.16 Å². The Kier molecular flexibility index (Phi) is 2.97. The second kappa shape index (κ2) is 4.34. The lowest BCUT2D eigenvalue weighted by Gasteiger charge is -1.99. The third-order valence-electron chi connectivity index (χ3n) is 2.07. The minimum Gasteiger partial charge on any atom is -0.478 e. The highest BCUT2D eigenvalue weighted by atomic mass is 19.4. The van der Waals surface area contributed by atoms with Crippen molar-refractivity contribution in [1.29, 1.82) is 0 Å². The van der Waals surface area contributed by atoms with Crippen molar-refractivity contribution in [2.24, 2.45) is 0 Å². The van der Waals surface area contributed by atoms with Crippen LogP contribution < -0.4 is 0 Å². The molecule has 0 radical (unpaired) electrons. The molecule has 0 aliphatic heterocycles. The molecular weight excluding hydrogens is 272 g/mol. The van der Waals surface area contributed by atoms with Crippen molar-refractivity contribution in [3.63, 3.8) is 0 Å². The van der Waals surface area contributed by atoms with E-state index in [4.69, 9.17) is 5.11 Å². The summed E-state index contributed by atoms with van der Waals surface area (Å²) in [7, 11) is 0. The lowest BCUT2D eigenvalue weighted by atomic mass is 10.1. The van der Waals surface area contributed by atoms with Gasteiger partial charge in [0.05, 0.1) is 5.56 Å². The lowest BCUT2D eigenvalue weighted by Crippen LogP contribution is -2.05. The van der Waals surface area contributed by atoms with Crippen LogP contribution >= 0.6 is 0 Å². The van der Waals surface area contributed by atoms with E-state index in [2.05, 4.69) is 14.7 Å². The summed E-state index contributed by atoms with van der Waals surface area (Å²) >= 11 is 0. The van der Waals surface area contributed by atoms with Gasteiger partial charge in [0.15, 0.2) is 0 Å². The third kappa shape index (κ3) is 2.69. The van der Waals surface area contributed by atoms with Gasteiger partial charge in [0, 0.05) is 5.56 Å². The number of aromatic nitrogens is 2. The molecule has 0 aliphatic rings. The second-order valence-corrected chi connectivity index (χ2v) is 3.45. The van der Waals surface area contributed by atoms with Gasteiger partial charge in [0.25, 0.3) is 0 Å². The summed E-state index contributed by atoms with van der Waals surface area (Å²) in [6.07, 6.45) is -4.83. The van der Waals surface area contributed by atoms with Crippen molar-refractivity contribution in [2.45, 2.75) is 6.18 Å². The van der Waals surface area contributed by atoms with Crippen molar-refractivity contribution < 1.29 is 32.0 Å². The van der Waals surface area contributed by atoms with E-state index in [1.165, 1.54) is 0 Å². The number of hydrogen-bond acceptors (Lipinski definition) is 4. The molecule has 19 heavy (non-hydrogen) atoms. The van der Waals surface area contributed by atoms with E-state index in [-0.39, 0.29) is 5.56 Å². The van der Waals surface area contributed by atoms with Crippen LogP contribution in [0.5, 0.6) is 0 Å². The molecule has 0 bridgehead atoms. The first-order chi connectivity index (χ1) is 8.77. The smallest absolute Gasteiger partial charge is 0.471 e. The van der Waals surface area contributed by atoms with Gasteiger partial charge in [-0.05, 0) is 18.2 Å². The first-order valence-electron chi connectivity index (χ1n) is 4.72. The molecule has 0 aliphatic carbocycles. The molecule has 2 rings (SSSR count). The van der Waals surface area contributed by atoms with E-state index in [1.54, 1.807) is 0 Å². The number of rotatable bonds is 2. The Morgan fingerprint density at radius 1 is 1.26 bits per heavy atom. The van der Waals surface area contributed by atoms with Gasteiger partial charge in [-0.25, -0.2) is 9.18 Å². The molecule has 0 unspecified atom stereocenters. The average molecular weight is 276 g/mol. The maximum atomic E-state index is 13.1. The molecular formula is C10H4F4N2O3. The zero-order chi connectivity index (χ0) is 14.2. The fourth-order valence-electron chi connectivity index (χ4n) is 1.30. The van der Waals surface area contributed by atoms with Crippen LogP contribution in [0.15, 0.2) is 22.7 Å². The number of carbonyl (C=O) groups is 1. The summed E-state index contributed by atoms with van der Waals surface area (Å²) in [5.74, 6) is -4.51. The minimum atomic E-state index is -4.83. The predicted molar refractivity (Wildman–Crippen MR) is 51.7 cm³/mol. The summed E-state index contributed by atoms with van der Waals surface area (Å²) < 4.78 is 53.8. The molecule has 0 saturated carbocycles. The fraction of sp³-hybridized carbons (Fsp3) is 0.100. The zero-order valence-electron chi connectivity index (χ0n) is 8.90. The molecule has 0 amide bonds. The number of carboxylic acid groups (broad SMARTS) is 1. The SMILES string of the molecule is O=C(O)c1cc(F)cc(-c2noc(C(F)(F)F)n2)c1. The monoisotopic (exact) mass is 276 g/mol. The highest BCUT2D eigenvalue weighted by Gasteiger charge is 2.38. The van der Waals surface area contributed by atoms with E-state index in [1.807, 2.05) is 0 Å². The quantitative estimate of drug-likeness (QED) is 0.853. The summed E-state index contributed by atoms with van der Waals surface area (Å²) in [5, 5.41) is 11.7. The first-order valence-corrected chi connectivity index (χ1v) is 4.72. The number of benzene rings is 1. The molecule has 1 aromatic heterocycles. The maximum Gasteiger partial charge on any atom is 0.471 e. The normalized spacial score (nSPS) is 11.6. The van der Waals surface area contributed by atoms with Gasteiger partial charge >= 0.3 is 18.0 Å². The summed E-state index contributed by atoms with van der Waals surface area (Å²) in [4.78, 5) is 13.7. The van der Waals surface area contributed by atoms with Crippen LogP contribution in [0, 0.1) is 5.82 Å². The van der Waals surface area contributed by atoms with E-state index in [0.717, 1.165) is 18.2 Å². The van der Waals surface area contributed by atoms with E-state index in [9.17, 15) is 22.4 Å². The number of alkyl halides is 3. The molecule has 0 saturated heterocycles. The largest absolute Gasteiger partial charge is 0.478 e. The van der Waals surface area contributed by atoms with E-state index in [0.29, 0.717) is 0 Å². The van der Waals surface area contributed by atoms with Crippen LogP contribution in [0.4, 0.5) is 17.6 Å². The molecule has 0 spiro atoms. The maximum absolute atomic E-state index is 13.1. The lowest BCUT2D eigenvalue weighted by molar-refractivity contribution is -0.159. The van der Waals surface area contributed by atoms with Gasteiger partial charge in [0.2, 0.25) is 5.82 Å². The molecule has 0 fully saturated rings. The highest BCUT2D eigenvalue weighted by Crippen LogP contribution is 2.29. The van der Waals surface area contributed by atoms with Gasteiger partial charge in [-0.2, -0.15) is 18.2 Å². The summed E-state index contributed by atoms with van der Waals surface area (Å²) in [5.41, 5.74) is -0.662. The molecule has 1 aromatic carbocycles. The number of nitrogens with zero attached hydrogens (tertiary/aromatic N) is 2. The Bertz CT molecular complexity index is 636. The third-order valence-corrected chi connectivity index (χ3v) is 2.07.